The minimum Gasteiger partial charge on any atom is -0.316 e. The zero-order valence-electron chi connectivity index (χ0n) is 14.3. The van der Waals surface area contributed by atoms with Crippen molar-refractivity contribution in [1.82, 2.24) is 20.0 Å². The summed E-state index contributed by atoms with van der Waals surface area (Å²) >= 11 is 6.01. The van der Waals surface area contributed by atoms with E-state index in [-0.39, 0.29) is 12.4 Å². The van der Waals surface area contributed by atoms with Gasteiger partial charge in [0.1, 0.15) is 0 Å². The van der Waals surface area contributed by atoms with Crippen molar-refractivity contribution in [3.05, 3.63) is 52.8 Å². The fourth-order valence-corrected chi connectivity index (χ4v) is 3.50. The molecule has 0 radical (unpaired) electrons. The summed E-state index contributed by atoms with van der Waals surface area (Å²) in [5.41, 5.74) is 2.90. The third-order valence-corrected chi connectivity index (χ3v) is 4.80. The molecule has 1 N–H and O–H groups in total. The van der Waals surface area contributed by atoms with Crippen molar-refractivity contribution in [1.29, 1.82) is 0 Å². The Bertz CT molecular complexity index is 633. The fourth-order valence-electron chi connectivity index (χ4n) is 3.37. The quantitative estimate of drug-likeness (QED) is 0.846. The number of aromatic nitrogens is 2. The van der Waals surface area contributed by atoms with Crippen LogP contribution in [0.5, 0.6) is 0 Å². The summed E-state index contributed by atoms with van der Waals surface area (Å²) in [5, 5.41) is 8.59. The van der Waals surface area contributed by atoms with Crippen LogP contribution in [0.2, 0.25) is 5.02 Å². The maximum Gasteiger partial charge on any atom is 0.0534 e. The number of hydrogen-bond donors (Lipinski definition) is 1. The first-order chi connectivity index (χ1) is 11.0. The summed E-state index contributed by atoms with van der Waals surface area (Å²) in [6, 6.07) is 8.18. The van der Waals surface area contributed by atoms with Gasteiger partial charge in [0, 0.05) is 50.0 Å². The van der Waals surface area contributed by atoms with E-state index in [4.69, 9.17) is 11.6 Å². The molecule has 1 aliphatic heterocycles. The second-order valence-electron chi connectivity index (χ2n) is 7.03. The third-order valence-electron chi connectivity index (χ3n) is 4.55. The highest BCUT2D eigenvalue weighted by Crippen LogP contribution is 2.27. The molecule has 2 heterocycles. The molecule has 1 aromatic heterocycles. The van der Waals surface area contributed by atoms with Gasteiger partial charge in [-0.25, -0.2) is 0 Å². The maximum atomic E-state index is 6.01. The Morgan fingerprint density at radius 1 is 1.25 bits per heavy atom. The lowest BCUT2D eigenvalue weighted by atomic mass is 9.89. The molecule has 0 spiro atoms. The van der Waals surface area contributed by atoms with E-state index in [0.29, 0.717) is 5.41 Å². The molecule has 0 bridgehead atoms. The molecule has 1 atom stereocenters. The first-order valence-corrected chi connectivity index (χ1v) is 8.55. The molecule has 1 aliphatic rings. The highest BCUT2D eigenvalue weighted by Gasteiger charge is 2.30. The minimum atomic E-state index is 0. The van der Waals surface area contributed by atoms with E-state index in [2.05, 4.69) is 40.6 Å². The molecule has 24 heavy (non-hydrogen) atoms. The molecule has 6 heteroatoms. The van der Waals surface area contributed by atoms with Gasteiger partial charge in [-0.05, 0) is 36.1 Å². The number of aryl methyl sites for hydroxylation is 1. The number of rotatable bonds is 6. The van der Waals surface area contributed by atoms with Gasteiger partial charge in [0.15, 0.2) is 0 Å². The average molecular weight is 369 g/mol. The van der Waals surface area contributed by atoms with Gasteiger partial charge >= 0.3 is 0 Å². The molecule has 2 aromatic rings. The van der Waals surface area contributed by atoms with Crippen LogP contribution in [0.25, 0.3) is 0 Å². The molecular weight excluding hydrogens is 343 g/mol. The predicted molar refractivity (Wildman–Crippen MR) is 102 cm³/mol. The highest BCUT2D eigenvalue weighted by molar-refractivity contribution is 6.30. The van der Waals surface area contributed by atoms with Crippen molar-refractivity contribution in [3.8, 4) is 0 Å². The van der Waals surface area contributed by atoms with Gasteiger partial charge in [-0.2, -0.15) is 5.10 Å². The smallest absolute Gasteiger partial charge is 0.0534 e. The van der Waals surface area contributed by atoms with Crippen LogP contribution in [0.3, 0.4) is 0 Å². The normalized spacial score (nSPS) is 20.3. The summed E-state index contributed by atoms with van der Waals surface area (Å²) in [6.07, 6.45) is 5.30. The molecule has 1 saturated heterocycles. The molecule has 4 nitrogen and oxygen atoms in total. The number of hydrogen-bond acceptors (Lipinski definition) is 3. The fraction of sp³-hybridized carbons (Fsp3) is 0.500. The first kappa shape index (κ1) is 19.3. The Kier molecular flexibility index (Phi) is 6.70. The van der Waals surface area contributed by atoms with Crippen molar-refractivity contribution >= 4 is 24.0 Å². The molecule has 132 valence electrons. The van der Waals surface area contributed by atoms with Crippen molar-refractivity contribution in [2.24, 2.45) is 12.5 Å². The second kappa shape index (κ2) is 8.34. The second-order valence-corrected chi connectivity index (χ2v) is 7.47. The van der Waals surface area contributed by atoms with Crippen LogP contribution in [0.4, 0.5) is 0 Å². The number of nitrogens with one attached hydrogen (secondary N) is 1. The zero-order valence-corrected chi connectivity index (χ0v) is 15.9. The number of halogens is 2. The van der Waals surface area contributed by atoms with E-state index in [1.165, 1.54) is 17.5 Å². The lowest BCUT2D eigenvalue weighted by Gasteiger charge is -2.32. The van der Waals surface area contributed by atoms with E-state index in [0.717, 1.165) is 37.7 Å². The molecule has 3 rings (SSSR count). The summed E-state index contributed by atoms with van der Waals surface area (Å²) in [5.74, 6) is 0. The topological polar surface area (TPSA) is 33.1 Å². The third kappa shape index (κ3) is 5.21. The van der Waals surface area contributed by atoms with Crippen LogP contribution < -0.4 is 5.32 Å². The van der Waals surface area contributed by atoms with E-state index >= 15 is 0 Å². The first-order valence-electron chi connectivity index (χ1n) is 8.17. The van der Waals surface area contributed by atoms with E-state index in [1.54, 1.807) is 0 Å². The Morgan fingerprint density at radius 3 is 2.54 bits per heavy atom. The van der Waals surface area contributed by atoms with Crippen molar-refractivity contribution in [2.45, 2.75) is 26.4 Å². The average Bonchev–Trinajstić information content (AvgIpc) is 3.10. The number of nitrogens with zero attached hydrogens (tertiary/aromatic N) is 3. The minimum absolute atomic E-state index is 0. The Balaban J connectivity index is 0.00000208. The van der Waals surface area contributed by atoms with Gasteiger partial charge in [-0.3, -0.25) is 9.58 Å². The van der Waals surface area contributed by atoms with Crippen LogP contribution in [-0.4, -0.2) is 34.3 Å². The molecule has 0 saturated carbocycles. The predicted octanol–water partition coefficient (Wildman–Crippen LogP) is 3.50. The summed E-state index contributed by atoms with van der Waals surface area (Å²) in [4.78, 5) is 2.52. The molecule has 1 aromatic carbocycles. The molecule has 1 unspecified atom stereocenters. The monoisotopic (exact) mass is 368 g/mol. The zero-order chi connectivity index (χ0) is 16.3. The van der Waals surface area contributed by atoms with Crippen molar-refractivity contribution in [3.63, 3.8) is 0 Å². The van der Waals surface area contributed by atoms with Crippen LogP contribution >= 0.6 is 24.0 Å². The van der Waals surface area contributed by atoms with Gasteiger partial charge < -0.3 is 5.32 Å². The Hall–Kier alpha value is -1.07. The van der Waals surface area contributed by atoms with Crippen LogP contribution in [0.1, 0.15) is 24.5 Å². The molecule has 0 aliphatic carbocycles. The van der Waals surface area contributed by atoms with Gasteiger partial charge in [0.25, 0.3) is 0 Å². The highest BCUT2D eigenvalue weighted by atomic mass is 35.5. The maximum absolute atomic E-state index is 6.01. The Labute approximate surface area is 155 Å². The van der Waals surface area contributed by atoms with E-state index in [9.17, 15) is 0 Å². The lowest BCUT2D eigenvalue weighted by molar-refractivity contribution is 0.163. The van der Waals surface area contributed by atoms with Gasteiger partial charge in [-0.15, -0.1) is 12.4 Å². The molecule has 1 fully saturated rings. The van der Waals surface area contributed by atoms with Gasteiger partial charge in [0.05, 0.1) is 6.20 Å². The van der Waals surface area contributed by atoms with E-state index < -0.39 is 0 Å². The largest absolute Gasteiger partial charge is 0.316 e. The van der Waals surface area contributed by atoms with Crippen LogP contribution in [-0.2, 0) is 20.1 Å². The van der Waals surface area contributed by atoms with Gasteiger partial charge in [-0.1, -0.05) is 30.7 Å². The molecular formula is C18H26Cl2N4. The van der Waals surface area contributed by atoms with Crippen molar-refractivity contribution < 1.29 is 0 Å². The Morgan fingerprint density at radius 2 is 1.96 bits per heavy atom. The van der Waals surface area contributed by atoms with E-state index in [1.807, 2.05) is 30.1 Å². The molecule has 0 amide bonds. The van der Waals surface area contributed by atoms with Gasteiger partial charge in [0.2, 0.25) is 0 Å². The van der Waals surface area contributed by atoms with Crippen LogP contribution in [0, 0.1) is 5.41 Å². The standard InChI is InChI=1S/C18H25ClN4.ClH/c1-18(7-8-20-13-18)14-23(12-16-9-21-22(2)10-16)11-15-3-5-17(19)6-4-15;/h3-6,9-10,20H,7-8,11-14H2,1-2H3;1H. The van der Waals surface area contributed by atoms with Crippen LogP contribution in [0.15, 0.2) is 36.7 Å². The lowest BCUT2D eigenvalue weighted by Crippen LogP contribution is -2.36. The number of benzene rings is 1. The summed E-state index contributed by atoms with van der Waals surface area (Å²) in [7, 11) is 1.97. The SMILES string of the molecule is Cl.Cn1cc(CN(Cc2ccc(Cl)cc2)CC2(C)CCNC2)cn1. The van der Waals surface area contributed by atoms with Crippen molar-refractivity contribution in [2.75, 3.05) is 19.6 Å². The summed E-state index contributed by atoms with van der Waals surface area (Å²) < 4.78 is 1.87. The summed E-state index contributed by atoms with van der Waals surface area (Å²) in [6.45, 7) is 7.53.